The van der Waals surface area contributed by atoms with E-state index in [1.54, 1.807) is 23.5 Å². The summed E-state index contributed by atoms with van der Waals surface area (Å²) in [5.41, 5.74) is 8.86. The first-order valence-electron chi connectivity index (χ1n) is 5.51. The molecule has 3 rings (SSSR count). The van der Waals surface area contributed by atoms with Crippen LogP contribution in [0.25, 0.3) is 11.1 Å². The maximum Gasteiger partial charge on any atom is 0.296 e. The van der Waals surface area contributed by atoms with Crippen LogP contribution in [0.4, 0.5) is 11.7 Å². The SMILES string of the molecule is Cc1csc(CNc2nc3ccc(N)cc3o2)n1. The maximum absolute atomic E-state index is 5.68. The van der Waals surface area contributed by atoms with Crippen molar-refractivity contribution in [2.75, 3.05) is 11.1 Å². The summed E-state index contributed by atoms with van der Waals surface area (Å²) < 4.78 is 5.55. The zero-order valence-electron chi connectivity index (χ0n) is 9.80. The number of nitrogens with one attached hydrogen (secondary N) is 1. The van der Waals surface area contributed by atoms with Crippen molar-refractivity contribution in [3.63, 3.8) is 0 Å². The van der Waals surface area contributed by atoms with Crippen molar-refractivity contribution in [1.29, 1.82) is 0 Å². The van der Waals surface area contributed by atoms with Gasteiger partial charge in [-0.05, 0) is 19.1 Å². The van der Waals surface area contributed by atoms with E-state index in [4.69, 9.17) is 10.2 Å². The number of anilines is 2. The number of fused-ring (bicyclic) bond motifs is 1. The highest BCUT2D eigenvalue weighted by molar-refractivity contribution is 7.09. The summed E-state index contributed by atoms with van der Waals surface area (Å²) in [6, 6.07) is 5.90. The summed E-state index contributed by atoms with van der Waals surface area (Å²) in [7, 11) is 0. The minimum absolute atomic E-state index is 0.489. The third-order valence-electron chi connectivity index (χ3n) is 2.47. The molecule has 5 nitrogen and oxygen atoms in total. The molecule has 18 heavy (non-hydrogen) atoms. The van der Waals surface area contributed by atoms with Crippen LogP contribution < -0.4 is 11.1 Å². The standard InChI is InChI=1S/C12H12N4OS/c1-7-6-18-11(15-7)5-14-12-16-9-3-2-8(13)4-10(9)17-12/h2-4,6H,5,13H2,1H3,(H,14,16). The Morgan fingerprint density at radius 2 is 2.28 bits per heavy atom. The Kier molecular flexibility index (Phi) is 2.64. The average molecular weight is 260 g/mol. The summed E-state index contributed by atoms with van der Waals surface area (Å²) in [5, 5.41) is 6.14. The van der Waals surface area contributed by atoms with Gasteiger partial charge in [0.25, 0.3) is 6.01 Å². The second-order valence-electron chi connectivity index (χ2n) is 3.98. The Morgan fingerprint density at radius 3 is 3.06 bits per heavy atom. The van der Waals surface area contributed by atoms with Crippen LogP contribution >= 0.6 is 11.3 Å². The summed E-state index contributed by atoms with van der Waals surface area (Å²) in [4.78, 5) is 8.68. The average Bonchev–Trinajstić information content (AvgIpc) is 2.92. The van der Waals surface area contributed by atoms with Gasteiger partial charge in [0.05, 0.1) is 6.54 Å². The molecule has 2 heterocycles. The molecule has 0 aliphatic carbocycles. The van der Waals surface area contributed by atoms with Gasteiger partial charge < -0.3 is 15.5 Å². The number of benzene rings is 1. The summed E-state index contributed by atoms with van der Waals surface area (Å²) in [5.74, 6) is 0. The van der Waals surface area contributed by atoms with E-state index in [1.807, 2.05) is 18.4 Å². The Balaban J connectivity index is 1.78. The third kappa shape index (κ3) is 2.14. The minimum Gasteiger partial charge on any atom is -0.423 e. The van der Waals surface area contributed by atoms with E-state index in [1.165, 1.54) is 0 Å². The fraction of sp³-hybridized carbons (Fsp3) is 0.167. The van der Waals surface area contributed by atoms with Gasteiger partial charge in [-0.1, -0.05) is 0 Å². The molecule has 0 bridgehead atoms. The van der Waals surface area contributed by atoms with Gasteiger partial charge in [-0.2, -0.15) is 4.98 Å². The summed E-state index contributed by atoms with van der Waals surface area (Å²) in [6.07, 6.45) is 0. The van der Waals surface area contributed by atoms with E-state index < -0.39 is 0 Å². The van der Waals surface area contributed by atoms with E-state index in [0.717, 1.165) is 16.2 Å². The second-order valence-corrected chi connectivity index (χ2v) is 4.93. The van der Waals surface area contributed by atoms with Crippen molar-refractivity contribution >= 4 is 34.1 Å². The zero-order chi connectivity index (χ0) is 12.5. The van der Waals surface area contributed by atoms with Crippen LogP contribution in [-0.2, 0) is 6.54 Å². The predicted octanol–water partition coefficient (Wildman–Crippen LogP) is 2.79. The summed E-state index contributed by atoms with van der Waals surface area (Å²) >= 11 is 1.62. The molecule has 2 aromatic heterocycles. The molecule has 0 saturated carbocycles. The molecule has 0 saturated heterocycles. The predicted molar refractivity (Wildman–Crippen MR) is 72.6 cm³/mol. The molecule has 0 radical (unpaired) electrons. The van der Waals surface area contributed by atoms with Crippen LogP contribution in [0.3, 0.4) is 0 Å². The van der Waals surface area contributed by atoms with E-state index in [-0.39, 0.29) is 0 Å². The topological polar surface area (TPSA) is 77.0 Å². The molecule has 0 aliphatic rings. The van der Waals surface area contributed by atoms with Gasteiger partial charge >= 0.3 is 0 Å². The number of aromatic nitrogens is 2. The highest BCUT2D eigenvalue weighted by atomic mass is 32.1. The number of oxazole rings is 1. The molecule has 6 heteroatoms. The van der Waals surface area contributed by atoms with Crippen LogP contribution in [0.1, 0.15) is 10.7 Å². The molecule has 0 atom stereocenters. The Bertz CT molecular complexity index is 688. The molecular weight excluding hydrogens is 248 g/mol. The van der Waals surface area contributed by atoms with E-state index >= 15 is 0 Å². The number of hydrogen-bond acceptors (Lipinski definition) is 6. The van der Waals surface area contributed by atoms with Crippen molar-refractivity contribution in [3.05, 3.63) is 34.3 Å². The molecule has 0 unspecified atom stereocenters. The Labute approximate surface area is 108 Å². The van der Waals surface area contributed by atoms with Crippen molar-refractivity contribution < 1.29 is 4.42 Å². The fourth-order valence-electron chi connectivity index (χ4n) is 1.65. The minimum atomic E-state index is 0.489. The first-order chi connectivity index (χ1) is 8.70. The van der Waals surface area contributed by atoms with Crippen molar-refractivity contribution in [3.8, 4) is 0 Å². The van der Waals surface area contributed by atoms with E-state index in [0.29, 0.717) is 23.8 Å². The highest BCUT2D eigenvalue weighted by Gasteiger charge is 2.06. The maximum atomic E-state index is 5.68. The van der Waals surface area contributed by atoms with Gasteiger partial charge in [-0.15, -0.1) is 11.3 Å². The number of aryl methyl sites for hydroxylation is 1. The Morgan fingerprint density at radius 1 is 1.39 bits per heavy atom. The first-order valence-corrected chi connectivity index (χ1v) is 6.39. The molecule has 0 amide bonds. The zero-order valence-corrected chi connectivity index (χ0v) is 10.6. The smallest absolute Gasteiger partial charge is 0.296 e. The van der Waals surface area contributed by atoms with Gasteiger partial charge in [-0.25, -0.2) is 4.98 Å². The van der Waals surface area contributed by atoms with Gasteiger partial charge in [0, 0.05) is 22.8 Å². The van der Waals surface area contributed by atoms with Gasteiger partial charge in [0.2, 0.25) is 0 Å². The second kappa shape index (κ2) is 4.30. The molecular formula is C12H12N4OS. The molecule has 3 N–H and O–H groups in total. The lowest BCUT2D eigenvalue weighted by Gasteiger charge is -1.96. The number of nitrogen functional groups attached to an aromatic ring is 1. The van der Waals surface area contributed by atoms with E-state index in [9.17, 15) is 0 Å². The lowest BCUT2D eigenvalue weighted by atomic mass is 10.3. The number of nitrogens with two attached hydrogens (primary N) is 1. The van der Waals surface area contributed by atoms with Crippen molar-refractivity contribution in [2.45, 2.75) is 13.5 Å². The lowest BCUT2D eigenvalue weighted by molar-refractivity contribution is 0.614. The monoisotopic (exact) mass is 260 g/mol. The van der Waals surface area contributed by atoms with Crippen molar-refractivity contribution in [1.82, 2.24) is 9.97 Å². The van der Waals surface area contributed by atoms with E-state index in [2.05, 4.69) is 15.3 Å². The quantitative estimate of drug-likeness (QED) is 0.708. The fourth-order valence-corrected chi connectivity index (χ4v) is 2.36. The number of hydrogen-bond donors (Lipinski definition) is 2. The van der Waals surface area contributed by atoms with Crippen LogP contribution in [0.15, 0.2) is 28.0 Å². The highest BCUT2D eigenvalue weighted by Crippen LogP contribution is 2.21. The van der Waals surface area contributed by atoms with Crippen LogP contribution in [0, 0.1) is 6.92 Å². The molecule has 0 spiro atoms. The van der Waals surface area contributed by atoms with Crippen LogP contribution in [0.5, 0.6) is 0 Å². The normalized spacial score (nSPS) is 10.9. The lowest BCUT2D eigenvalue weighted by Crippen LogP contribution is -1.98. The van der Waals surface area contributed by atoms with Crippen molar-refractivity contribution in [2.24, 2.45) is 0 Å². The molecule has 3 aromatic rings. The third-order valence-corrected chi connectivity index (χ3v) is 3.44. The molecule has 1 aromatic carbocycles. The Hall–Kier alpha value is -2.08. The number of rotatable bonds is 3. The van der Waals surface area contributed by atoms with Gasteiger partial charge in [0.15, 0.2) is 5.58 Å². The van der Waals surface area contributed by atoms with Gasteiger partial charge in [0.1, 0.15) is 10.5 Å². The number of nitrogens with zero attached hydrogens (tertiary/aromatic N) is 2. The molecule has 0 fully saturated rings. The number of thiazole rings is 1. The molecule has 0 aliphatic heterocycles. The van der Waals surface area contributed by atoms with Crippen LogP contribution in [-0.4, -0.2) is 9.97 Å². The van der Waals surface area contributed by atoms with Crippen LogP contribution in [0.2, 0.25) is 0 Å². The largest absolute Gasteiger partial charge is 0.423 e. The van der Waals surface area contributed by atoms with Gasteiger partial charge in [-0.3, -0.25) is 0 Å². The summed E-state index contributed by atoms with van der Waals surface area (Å²) in [6.45, 7) is 2.59. The molecule has 92 valence electrons. The first kappa shape index (κ1) is 11.0.